The van der Waals surface area contributed by atoms with Gasteiger partial charge in [-0.05, 0) is 63.0 Å². The van der Waals surface area contributed by atoms with Gasteiger partial charge in [0, 0.05) is 15.5 Å². The van der Waals surface area contributed by atoms with Crippen LogP contribution in [0.5, 0.6) is 0 Å². The number of ether oxygens (including phenoxy) is 1. The molecule has 0 radical (unpaired) electrons. The second-order valence-electron chi connectivity index (χ2n) is 6.27. The molecule has 2 atom stereocenters. The summed E-state index contributed by atoms with van der Waals surface area (Å²) in [6.45, 7) is 2.14. The molecule has 1 aliphatic heterocycles. The minimum atomic E-state index is -0.909. The van der Waals surface area contributed by atoms with Gasteiger partial charge in [0.15, 0.2) is 0 Å². The summed E-state index contributed by atoms with van der Waals surface area (Å²) in [6, 6.07) is 13.7. The van der Waals surface area contributed by atoms with Crippen LogP contribution in [0.15, 0.2) is 57.5 Å². The number of benzene rings is 2. The average molecular weight is 525 g/mol. The van der Waals surface area contributed by atoms with Gasteiger partial charge >= 0.3 is 5.97 Å². The van der Waals surface area contributed by atoms with Crippen molar-refractivity contribution >= 4 is 49.6 Å². The maximum atomic E-state index is 13.4. The first-order valence-corrected chi connectivity index (χ1v) is 10.6. The van der Waals surface area contributed by atoms with Gasteiger partial charge in [0.2, 0.25) is 0 Å². The predicted octanol–water partition coefficient (Wildman–Crippen LogP) is 3.11. The lowest BCUT2D eigenvalue weighted by molar-refractivity contribution is -0.148. The number of hydrazine groups is 1. The molecule has 0 saturated carbocycles. The van der Waals surface area contributed by atoms with Crippen LogP contribution < -0.4 is 10.9 Å². The predicted molar refractivity (Wildman–Crippen MR) is 114 cm³/mol. The van der Waals surface area contributed by atoms with Gasteiger partial charge in [0.25, 0.3) is 11.8 Å². The van der Waals surface area contributed by atoms with Crippen LogP contribution in [0, 0.1) is 5.92 Å². The van der Waals surface area contributed by atoms with Crippen LogP contribution in [0.4, 0.5) is 0 Å². The Balaban J connectivity index is 2.05. The zero-order valence-electron chi connectivity index (χ0n) is 15.5. The fourth-order valence-corrected chi connectivity index (χ4v) is 3.97. The van der Waals surface area contributed by atoms with E-state index in [0.717, 1.165) is 4.90 Å². The maximum absolute atomic E-state index is 13.4. The molecule has 2 aromatic carbocycles. The number of hydrogen-bond donors (Lipinski definition) is 2. The summed E-state index contributed by atoms with van der Waals surface area (Å²) in [7, 11) is 0. The highest BCUT2D eigenvalue weighted by molar-refractivity contribution is 9.10. The van der Waals surface area contributed by atoms with Crippen molar-refractivity contribution in [3.8, 4) is 0 Å². The molecule has 29 heavy (non-hydrogen) atoms. The molecule has 0 aliphatic carbocycles. The lowest BCUT2D eigenvalue weighted by atomic mass is 10.0. The second-order valence-corrected chi connectivity index (χ2v) is 7.98. The molecule has 1 saturated heterocycles. The molecule has 0 aromatic heterocycles. The minimum Gasteiger partial charge on any atom is -0.466 e. The third-order valence-electron chi connectivity index (χ3n) is 4.47. The fourth-order valence-electron chi connectivity index (χ4n) is 3.07. The van der Waals surface area contributed by atoms with Gasteiger partial charge < -0.3 is 4.74 Å². The molecular weight excluding hydrogens is 506 g/mol. The highest BCUT2D eigenvalue weighted by atomic mass is 79.9. The Bertz CT molecular complexity index is 880. The van der Waals surface area contributed by atoms with Crippen molar-refractivity contribution in [1.29, 1.82) is 0 Å². The van der Waals surface area contributed by atoms with Crippen molar-refractivity contribution in [2.75, 3.05) is 13.2 Å². The Morgan fingerprint density at radius 2 is 1.52 bits per heavy atom. The minimum absolute atomic E-state index is 0.207. The van der Waals surface area contributed by atoms with E-state index in [1.165, 1.54) is 0 Å². The summed E-state index contributed by atoms with van der Waals surface area (Å²) >= 11 is 6.73. The van der Waals surface area contributed by atoms with Crippen molar-refractivity contribution in [1.82, 2.24) is 15.8 Å². The smallest absolute Gasteiger partial charge is 0.313 e. The van der Waals surface area contributed by atoms with Crippen LogP contribution >= 0.6 is 31.9 Å². The number of carbonyl (C=O) groups is 3. The van der Waals surface area contributed by atoms with E-state index in [1.807, 2.05) is 0 Å². The van der Waals surface area contributed by atoms with E-state index in [0.29, 0.717) is 20.1 Å². The molecular formula is C20H19Br2N3O4. The number of rotatable bonds is 5. The van der Waals surface area contributed by atoms with Crippen LogP contribution in [0.3, 0.4) is 0 Å². The third-order valence-corrected chi connectivity index (χ3v) is 5.85. The lowest BCUT2D eigenvalue weighted by Crippen LogP contribution is -2.54. The van der Waals surface area contributed by atoms with Crippen LogP contribution in [-0.2, 0) is 9.53 Å². The van der Waals surface area contributed by atoms with Gasteiger partial charge in [-0.3, -0.25) is 24.7 Å². The van der Waals surface area contributed by atoms with E-state index >= 15 is 0 Å². The van der Waals surface area contributed by atoms with Gasteiger partial charge in [0.1, 0.15) is 12.1 Å². The molecule has 1 heterocycles. The van der Waals surface area contributed by atoms with Gasteiger partial charge in [-0.2, -0.15) is 0 Å². The fraction of sp³-hybridized carbons (Fsp3) is 0.250. The Labute approximate surface area is 185 Å². The number of halogens is 2. The number of carbonyl (C=O) groups excluding carboxylic acids is 3. The van der Waals surface area contributed by atoms with E-state index in [2.05, 4.69) is 42.7 Å². The van der Waals surface area contributed by atoms with Crippen molar-refractivity contribution in [3.05, 3.63) is 68.6 Å². The molecule has 7 nitrogen and oxygen atoms in total. The highest BCUT2D eigenvalue weighted by Crippen LogP contribution is 2.26. The number of hydrogen-bond acceptors (Lipinski definition) is 6. The van der Waals surface area contributed by atoms with E-state index in [4.69, 9.17) is 4.74 Å². The summed E-state index contributed by atoms with van der Waals surface area (Å²) in [5.41, 5.74) is 6.37. The van der Waals surface area contributed by atoms with Crippen molar-refractivity contribution in [2.24, 2.45) is 5.92 Å². The van der Waals surface area contributed by atoms with Gasteiger partial charge in [-0.15, -0.1) is 0 Å². The highest BCUT2D eigenvalue weighted by Gasteiger charge is 2.43. The van der Waals surface area contributed by atoms with E-state index in [-0.39, 0.29) is 13.2 Å². The zero-order valence-corrected chi connectivity index (χ0v) is 18.7. The molecule has 2 amide bonds. The van der Waals surface area contributed by atoms with E-state index < -0.39 is 29.9 Å². The van der Waals surface area contributed by atoms with Crippen LogP contribution in [0.25, 0.3) is 0 Å². The normalized spacial score (nSPS) is 18.3. The summed E-state index contributed by atoms with van der Waals surface area (Å²) in [4.78, 5) is 40.4. The second kappa shape index (κ2) is 9.62. The van der Waals surface area contributed by atoms with Gasteiger partial charge in [0.05, 0.1) is 17.7 Å². The molecule has 2 aromatic rings. The van der Waals surface area contributed by atoms with Crippen molar-refractivity contribution < 1.29 is 19.1 Å². The first-order valence-electron chi connectivity index (χ1n) is 8.97. The molecule has 152 valence electrons. The standard InChI is InChI=1S/C20H19Br2N3O4/c1-2-29-20(28)14-11-23-24-17(14)25(18(26)12-7-3-5-9-15(12)21)19(27)13-8-4-6-10-16(13)22/h3-10,14,17,23-24H,2,11H2,1H3. The number of nitrogens with one attached hydrogen (secondary N) is 2. The number of imide groups is 1. The molecule has 1 fully saturated rings. The average Bonchev–Trinajstić information content (AvgIpc) is 3.18. The largest absolute Gasteiger partial charge is 0.466 e. The Hall–Kier alpha value is -2.07. The molecule has 1 aliphatic rings. The third kappa shape index (κ3) is 4.58. The van der Waals surface area contributed by atoms with Crippen molar-refractivity contribution in [2.45, 2.75) is 13.1 Å². The number of amides is 2. The number of esters is 1. The molecule has 9 heteroatoms. The van der Waals surface area contributed by atoms with E-state index in [1.54, 1.807) is 55.5 Å². The zero-order chi connectivity index (χ0) is 21.0. The topological polar surface area (TPSA) is 87.7 Å². The first-order chi connectivity index (χ1) is 14.0. The van der Waals surface area contributed by atoms with Gasteiger partial charge in [-0.25, -0.2) is 5.43 Å². The molecule has 0 spiro atoms. The van der Waals surface area contributed by atoms with Crippen LogP contribution in [-0.4, -0.2) is 42.0 Å². The Morgan fingerprint density at radius 3 is 2.00 bits per heavy atom. The Kier molecular flexibility index (Phi) is 7.18. The molecule has 0 bridgehead atoms. The summed E-state index contributed by atoms with van der Waals surface area (Å²) < 4.78 is 6.24. The van der Waals surface area contributed by atoms with Crippen LogP contribution in [0.1, 0.15) is 27.6 Å². The quantitative estimate of drug-likeness (QED) is 0.461. The summed E-state index contributed by atoms with van der Waals surface area (Å²) in [6.07, 6.45) is -0.909. The maximum Gasteiger partial charge on any atom is 0.313 e. The SMILES string of the molecule is CCOC(=O)C1CNNC1N(C(=O)c1ccccc1Br)C(=O)c1ccccc1Br. The molecule has 3 rings (SSSR count). The first kappa shape index (κ1) is 21.6. The van der Waals surface area contributed by atoms with E-state index in [9.17, 15) is 14.4 Å². The van der Waals surface area contributed by atoms with Crippen LogP contribution in [0.2, 0.25) is 0 Å². The number of nitrogens with zero attached hydrogens (tertiary/aromatic N) is 1. The summed E-state index contributed by atoms with van der Waals surface area (Å²) in [5, 5.41) is 0. The van der Waals surface area contributed by atoms with Gasteiger partial charge in [-0.1, -0.05) is 24.3 Å². The molecule has 2 N–H and O–H groups in total. The summed E-state index contributed by atoms with van der Waals surface area (Å²) in [5.74, 6) is -2.30. The Morgan fingerprint density at radius 1 is 1.00 bits per heavy atom. The van der Waals surface area contributed by atoms with Crippen molar-refractivity contribution in [3.63, 3.8) is 0 Å². The lowest BCUT2D eigenvalue weighted by Gasteiger charge is -2.30. The molecule has 2 unspecified atom stereocenters. The monoisotopic (exact) mass is 523 g/mol.